The van der Waals surface area contributed by atoms with Crippen LogP contribution < -0.4 is 0 Å². The van der Waals surface area contributed by atoms with E-state index in [-0.39, 0.29) is 17.0 Å². The average Bonchev–Trinajstić information content (AvgIpc) is 2.35. The molecule has 0 aliphatic rings. The molecule has 0 bridgehead atoms. The van der Waals surface area contributed by atoms with Crippen molar-refractivity contribution in [3.8, 4) is 6.07 Å². The number of hydrogen-bond acceptors (Lipinski definition) is 6. The number of carbonyl (C=O) groups is 1. The maximum absolute atomic E-state index is 10.9. The summed E-state index contributed by atoms with van der Waals surface area (Å²) < 4.78 is 4.46. The molecule has 0 radical (unpaired) electrons. The highest BCUT2D eigenvalue weighted by Crippen LogP contribution is 2.26. The third-order valence-corrected chi connectivity index (χ3v) is 2.91. The molecule has 0 spiro atoms. The summed E-state index contributed by atoms with van der Waals surface area (Å²) in [7, 11) is 1.27. The van der Waals surface area contributed by atoms with Gasteiger partial charge in [0.15, 0.2) is 0 Å². The second kappa shape index (κ2) is 5.86. The van der Waals surface area contributed by atoms with Gasteiger partial charge in [0.2, 0.25) is 0 Å². The number of nitrogens with zero attached hydrogens (tertiary/aromatic N) is 2. The van der Waals surface area contributed by atoms with Gasteiger partial charge in [0.1, 0.15) is 6.07 Å². The number of ether oxygens (including phenoxy) is 1. The number of methoxy groups -OCH3 is 1. The van der Waals surface area contributed by atoms with Crippen LogP contribution in [-0.4, -0.2) is 23.8 Å². The maximum Gasteiger partial charge on any atom is 0.315 e. The fraction of sp³-hybridized carbons (Fsp3) is 0.200. The molecule has 0 aliphatic carbocycles. The van der Waals surface area contributed by atoms with Gasteiger partial charge in [-0.1, -0.05) is 0 Å². The van der Waals surface area contributed by atoms with Gasteiger partial charge in [-0.15, -0.1) is 11.8 Å². The predicted octanol–water partition coefficient (Wildman–Crippen LogP) is 1.73. The van der Waals surface area contributed by atoms with E-state index in [1.165, 1.54) is 25.3 Å². The minimum Gasteiger partial charge on any atom is -0.468 e. The maximum atomic E-state index is 10.9. The van der Waals surface area contributed by atoms with Crippen molar-refractivity contribution in [1.29, 1.82) is 5.26 Å². The molecule has 1 rings (SSSR count). The fourth-order valence-electron chi connectivity index (χ4n) is 1.04. The monoisotopic (exact) mass is 252 g/mol. The molecule has 0 atom stereocenters. The van der Waals surface area contributed by atoms with Crippen LogP contribution in [0.5, 0.6) is 0 Å². The molecule has 0 heterocycles. The summed E-state index contributed by atoms with van der Waals surface area (Å²) in [4.78, 5) is 21.4. The van der Waals surface area contributed by atoms with E-state index >= 15 is 0 Å². The lowest BCUT2D eigenvalue weighted by atomic mass is 10.2. The van der Waals surface area contributed by atoms with Crippen LogP contribution in [-0.2, 0) is 9.53 Å². The third kappa shape index (κ3) is 3.46. The predicted molar refractivity (Wildman–Crippen MR) is 60.6 cm³/mol. The Morgan fingerprint density at radius 3 is 2.88 bits per heavy atom. The molecule has 17 heavy (non-hydrogen) atoms. The Morgan fingerprint density at radius 2 is 2.35 bits per heavy atom. The lowest BCUT2D eigenvalue weighted by Gasteiger charge is -2.02. The van der Waals surface area contributed by atoms with Gasteiger partial charge < -0.3 is 4.74 Å². The van der Waals surface area contributed by atoms with E-state index in [4.69, 9.17) is 5.26 Å². The zero-order valence-electron chi connectivity index (χ0n) is 8.87. The standard InChI is InChI=1S/C10H8N2O4S/c1-16-10(13)6-17-9-3-2-8(12(14)15)4-7(9)5-11/h2-4H,6H2,1H3. The molecule has 6 nitrogen and oxygen atoms in total. The molecule has 0 aliphatic heterocycles. The largest absolute Gasteiger partial charge is 0.468 e. The average molecular weight is 252 g/mol. The number of non-ortho nitro benzene ring substituents is 1. The Hall–Kier alpha value is -2.07. The van der Waals surface area contributed by atoms with Gasteiger partial charge in [-0.2, -0.15) is 5.26 Å². The van der Waals surface area contributed by atoms with Crippen molar-refractivity contribution >= 4 is 23.4 Å². The first kappa shape index (κ1) is 13.0. The first-order chi connectivity index (χ1) is 8.08. The Bertz CT molecular complexity index is 496. The number of benzene rings is 1. The van der Waals surface area contributed by atoms with E-state index in [9.17, 15) is 14.9 Å². The normalized spacial score (nSPS) is 9.41. The molecule has 1 aromatic carbocycles. The number of carbonyl (C=O) groups excluding carboxylic acids is 1. The second-order valence-corrected chi connectivity index (χ2v) is 3.93. The summed E-state index contributed by atoms with van der Waals surface area (Å²) in [5.74, 6) is -0.361. The van der Waals surface area contributed by atoms with E-state index in [0.717, 1.165) is 11.8 Å². The number of hydrogen-bond donors (Lipinski definition) is 0. The highest BCUT2D eigenvalue weighted by molar-refractivity contribution is 8.00. The molecule has 1 aromatic rings. The molecular weight excluding hydrogens is 244 g/mol. The Kier molecular flexibility index (Phi) is 4.48. The van der Waals surface area contributed by atoms with E-state index < -0.39 is 10.9 Å². The second-order valence-electron chi connectivity index (χ2n) is 2.91. The number of nitriles is 1. The summed E-state index contributed by atoms with van der Waals surface area (Å²) in [6.07, 6.45) is 0. The van der Waals surface area contributed by atoms with Crippen molar-refractivity contribution in [3.63, 3.8) is 0 Å². The van der Waals surface area contributed by atoms with Gasteiger partial charge in [-0.3, -0.25) is 14.9 Å². The summed E-state index contributed by atoms with van der Waals surface area (Å²) in [5, 5.41) is 19.4. The first-order valence-electron chi connectivity index (χ1n) is 4.46. The molecule has 7 heteroatoms. The lowest BCUT2D eigenvalue weighted by Crippen LogP contribution is -2.03. The van der Waals surface area contributed by atoms with Crippen molar-refractivity contribution in [2.75, 3.05) is 12.9 Å². The topological polar surface area (TPSA) is 93.2 Å². The third-order valence-electron chi connectivity index (χ3n) is 1.87. The Labute approximate surface area is 101 Å². The van der Waals surface area contributed by atoms with Crippen molar-refractivity contribution in [2.45, 2.75) is 4.90 Å². The molecule has 88 valence electrons. The van der Waals surface area contributed by atoms with Crippen LogP contribution in [0.3, 0.4) is 0 Å². The Morgan fingerprint density at radius 1 is 1.65 bits per heavy atom. The van der Waals surface area contributed by atoms with Crippen LogP contribution in [0, 0.1) is 21.4 Å². The van der Waals surface area contributed by atoms with Gasteiger partial charge in [0.05, 0.1) is 23.3 Å². The summed E-state index contributed by atoms with van der Waals surface area (Å²) in [5.41, 5.74) is 0.0251. The summed E-state index contributed by atoms with van der Waals surface area (Å²) >= 11 is 1.11. The van der Waals surface area contributed by atoms with Gasteiger partial charge in [-0.05, 0) is 6.07 Å². The van der Waals surface area contributed by atoms with Gasteiger partial charge >= 0.3 is 5.97 Å². The number of esters is 1. The first-order valence-corrected chi connectivity index (χ1v) is 5.45. The SMILES string of the molecule is COC(=O)CSc1ccc([N+](=O)[O-])cc1C#N. The molecular formula is C10H8N2O4S. The Balaban J connectivity index is 2.90. The van der Waals surface area contributed by atoms with Crippen molar-refractivity contribution in [3.05, 3.63) is 33.9 Å². The van der Waals surface area contributed by atoms with Crippen LogP contribution in [0.15, 0.2) is 23.1 Å². The van der Waals surface area contributed by atoms with E-state index in [2.05, 4.69) is 4.74 Å². The van der Waals surface area contributed by atoms with Gasteiger partial charge in [-0.25, -0.2) is 0 Å². The van der Waals surface area contributed by atoms with Crippen LogP contribution in [0.4, 0.5) is 5.69 Å². The summed E-state index contributed by atoms with van der Waals surface area (Å²) in [6.45, 7) is 0. The van der Waals surface area contributed by atoms with E-state index in [1.807, 2.05) is 6.07 Å². The minimum atomic E-state index is -0.574. The zero-order chi connectivity index (χ0) is 12.8. The molecule has 0 saturated carbocycles. The minimum absolute atomic E-state index is 0.0585. The van der Waals surface area contributed by atoms with Gasteiger partial charge in [0, 0.05) is 17.0 Å². The smallest absolute Gasteiger partial charge is 0.315 e. The van der Waals surface area contributed by atoms with Crippen LogP contribution in [0.2, 0.25) is 0 Å². The molecule has 0 amide bonds. The molecule has 0 N–H and O–H groups in total. The van der Waals surface area contributed by atoms with E-state index in [1.54, 1.807) is 0 Å². The quantitative estimate of drug-likeness (QED) is 0.350. The molecule has 0 fully saturated rings. The highest BCUT2D eigenvalue weighted by Gasteiger charge is 2.12. The van der Waals surface area contributed by atoms with Crippen LogP contribution in [0.1, 0.15) is 5.56 Å². The van der Waals surface area contributed by atoms with Crippen LogP contribution in [0.25, 0.3) is 0 Å². The van der Waals surface area contributed by atoms with Crippen molar-refractivity contribution < 1.29 is 14.5 Å². The molecule has 0 unspecified atom stereocenters. The highest BCUT2D eigenvalue weighted by atomic mass is 32.2. The number of rotatable bonds is 4. The lowest BCUT2D eigenvalue weighted by molar-refractivity contribution is -0.384. The summed E-state index contributed by atoms with van der Waals surface area (Å²) in [6, 6.07) is 5.78. The zero-order valence-corrected chi connectivity index (χ0v) is 9.69. The molecule has 0 aromatic heterocycles. The number of nitro benzene ring substituents is 1. The van der Waals surface area contributed by atoms with E-state index in [0.29, 0.717) is 4.90 Å². The van der Waals surface area contributed by atoms with Crippen LogP contribution >= 0.6 is 11.8 Å². The van der Waals surface area contributed by atoms with Gasteiger partial charge in [0.25, 0.3) is 5.69 Å². The number of thioether (sulfide) groups is 1. The molecule has 0 saturated heterocycles. The fourth-order valence-corrected chi connectivity index (χ4v) is 1.86. The number of nitro groups is 1. The van der Waals surface area contributed by atoms with Crippen molar-refractivity contribution in [1.82, 2.24) is 0 Å². The van der Waals surface area contributed by atoms with Crippen molar-refractivity contribution in [2.24, 2.45) is 0 Å².